The number of esters is 1. The summed E-state index contributed by atoms with van der Waals surface area (Å²) in [5.41, 5.74) is 2.62. The molecule has 1 saturated heterocycles. The summed E-state index contributed by atoms with van der Waals surface area (Å²) in [6.45, 7) is 2.94. The van der Waals surface area contributed by atoms with Crippen molar-refractivity contribution in [3.05, 3.63) is 71.3 Å². The summed E-state index contributed by atoms with van der Waals surface area (Å²) in [4.78, 5) is 63.5. The van der Waals surface area contributed by atoms with Gasteiger partial charge in [-0.2, -0.15) is 0 Å². The van der Waals surface area contributed by atoms with Crippen LogP contribution in [0.25, 0.3) is 0 Å². The van der Waals surface area contributed by atoms with E-state index in [1.54, 1.807) is 36.4 Å². The number of hydrogen-bond acceptors (Lipinski definition) is 6. The van der Waals surface area contributed by atoms with Crippen molar-refractivity contribution in [2.45, 2.75) is 20.3 Å². The summed E-state index contributed by atoms with van der Waals surface area (Å²) in [5.74, 6) is -2.28. The summed E-state index contributed by atoms with van der Waals surface area (Å²) in [6, 6.07) is 12.5. The minimum atomic E-state index is -0.745. The molecule has 8 heteroatoms. The first-order valence-electron chi connectivity index (χ1n) is 11.5. The van der Waals surface area contributed by atoms with Crippen LogP contribution < -0.4 is 10.2 Å². The van der Waals surface area contributed by atoms with Crippen molar-refractivity contribution in [2.75, 3.05) is 16.8 Å². The lowest BCUT2D eigenvalue weighted by Gasteiger charge is -2.19. The number of ether oxygens (including phenoxy) is 1. The average Bonchev–Trinajstić information content (AvgIpc) is 3.48. The highest BCUT2D eigenvalue weighted by molar-refractivity contribution is 6.23. The van der Waals surface area contributed by atoms with Gasteiger partial charge in [0.15, 0.2) is 12.4 Å². The Kier molecular flexibility index (Phi) is 5.59. The lowest BCUT2D eigenvalue weighted by molar-refractivity contribution is -0.123. The quantitative estimate of drug-likeness (QED) is 0.299. The van der Waals surface area contributed by atoms with E-state index in [2.05, 4.69) is 11.4 Å². The van der Waals surface area contributed by atoms with Crippen LogP contribution in [0.4, 0.5) is 11.4 Å². The van der Waals surface area contributed by atoms with Gasteiger partial charge in [-0.3, -0.25) is 19.2 Å². The first-order chi connectivity index (χ1) is 16.7. The molecular formula is C27H24N2O6. The maximum Gasteiger partial charge on any atom is 0.338 e. The van der Waals surface area contributed by atoms with E-state index in [0.29, 0.717) is 16.9 Å². The number of benzene rings is 2. The number of rotatable bonds is 6. The minimum absolute atomic E-state index is 0.0845. The number of nitrogens with zero attached hydrogens (tertiary/aromatic N) is 1. The van der Waals surface area contributed by atoms with E-state index < -0.39 is 18.5 Å². The number of nitrogens with one attached hydrogen (secondary N) is 1. The lowest BCUT2D eigenvalue weighted by Crippen LogP contribution is -2.33. The molecule has 1 N–H and O–H groups in total. The van der Waals surface area contributed by atoms with Gasteiger partial charge in [0.05, 0.1) is 23.1 Å². The standard InChI is InChI=1S/C27H24N2O6/c1-14-10-18-12-21(14)24-23(18)25(32)29(26(24)33)20-5-3-4-17(11-20)27(34)35-13-22(31)28-19-8-6-16(7-9-19)15(2)30/h3-11,18,21,23-24H,12-13H2,1-2H3,(H,28,31)/t18-,21+,23-,24+/m0/s1. The van der Waals surface area contributed by atoms with E-state index in [4.69, 9.17) is 4.74 Å². The average molecular weight is 472 g/mol. The van der Waals surface area contributed by atoms with Crippen molar-refractivity contribution in [3.8, 4) is 0 Å². The molecule has 1 saturated carbocycles. The molecule has 0 aromatic heterocycles. The maximum atomic E-state index is 13.2. The summed E-state index contributed by atoms with van der Waals surface area (Å²) < 4.78 is 5.13. The van der Waals surface area contributed by atoms with E-state index >= 15 is 0 Å². The normalized spacial score (nSPS) is 24.3. The Bertz CT molecular complexity index is 1300. The van der Waals surface area contributed by atoms with Crippen molar-refractivity contribution in [1.29, 1.82) is 0 Å². The Labute approximate surface area is 201 Å². The lowest BCUT2D eigenvalue weighted by atomic mass is 9.82. The van der Waals surface area contributed by atoms with Crippen molar-refractivity contribution in [2.24, 2.45) is 23.7 Å². The van der Waals surface area contributed by atoms with Crippen LogP contribution in [0.15, 0.2) is 60.2 Å². The number of hydrogen-bond donors (Lipinski definition) is 1. The second-order valence-corrected chi connectivity index (χ2v) is 9.29. The number of fused-ring (bicyclic) bond motifs is 5. The van der Waals surface area contributed by atoms with Gasteiger partial charge in [-0.05, 0) is 74.6 Å². The molecular weight excluding hydrogens is 448 g/mol. The van der Waals surface area contributed by atoms with Crippen LogP contribution in [0.1, 0.15) is 41.0 Å². The number of amides is 3. The minimum Gasteiger partial charge on any atom is -0.452 e. The molecule has 3 amide bonds. The number of anilines is 2. The second kappa shape index (κ2) is 8.61. The summed E-state index contributed by atoms with van der Waals surface area (Å²) in [7, 11) is 0. The monoisotopic (exact) mass is 472 g/mol. The van der Waals surface area contributed by atoms with Gasteiger partial charge in [0.1, 0.15) is 0 Å². The van der Waals surface area contributed by atoms with Crippen molar-refractivity contribution in [1.82, 2.24) is 0 Å². The molecule has 0 unspecified atom stereocenters. The molecule has 5 rings (SSSR count). The number of Topliss-reactive ketones (excluding diaryl/α,β-unsaturated/α-hetero) is 1. The summed E-state index contributed by atoms with van der Waals surface area (Å²) in [6.07, 6.45) is 2.96. The Morgan fingerprint density at radius 2 is 1.71 bits per heavy atom. The molecule has 2 aliphatic carbocycles. The topological polar surface area (TPSA) is 110 Å². The zero-order valence-corrected chi connectivity index (χ0v) is 19.3. The van der Waals surface area contributed by atoms with Gasteiger partial charge in [-0.1, -0.05) is 17.7 Å². The molecule has 1 heterocycles. The number of carbonyl (C=O) groups excluding carboxylic acids is 5. The largest absolute Gasteiger partial charge is 0.452 e. The molecule has 2 aromatic rings. The van der Waals surface area contributed by atoms with E-state index in [1.807, 2.05) is 6.92 Å². The Morgan fingerprint density at radius 1 is 1.00 bits per heavy atom. The van der Waals surface area contributed by atoms with Crippen molar-refractivity contribution >= 4 is 40.8 Å². The third kappa shape index (κ3) is 3.95. The number of carbonyl (C=O) groups is 5. The zero-order valence-electron chi connectivity index (χ0n) is 19.3. The smallest absolute Gasteiger partial charge is 0.338 e. The SMILES string of the molecule is CC(=O)c1ccc(NC(=O)COC(=O)c2cccc(N3C(=O)[C@@H]4[C@H](C3=O)[C@@H]3C[C@@H]4C=C3C)c2)cc1. The van der Waals surface area contributed by atoms with E-state index in [-0.39, 0.29) is 46.8 Å². The van der Waals surface area contributed by atoms with Crippen molar-refractivity contribution in [3.63, 3.8) is 0 Å². The highest BCUT2D eigenvalue weighted by Crippen LogP contribution is 2.55. The maximum absolute atomic E-state index is 13.2. The predicted octanol–water partition coefficient (Wildman–Crippen LogP) is 3.39. The Hall–Kier alpha value is -4.07. The molecule has 0 spiro atoms. The van der Waals surface area contributed by atoms with Gasteiger partial charge < -0.3 is 10.1 Å². The fourth-order valence-electron chi connectivity index (χ4n) is 5.50. The van der Waals surface area contributed by atoms with Crippen LogP contribution >= 0.6 is 0 Å². The first kappa shape index (κ1) is 22.7. The molecule has 178 valence electrons. The van der Waals surface area contributed by atoms with E-state index in [0.717, 1.165) is 6.42 Å². The molecule has 8 nitrogen and oxygen atoms in total. The van der Waals surface area contributed by atoms with Crippen LogP contribution in [-0.4, -0.2) is 36.1 Å². The van der Waals surface area contributed by atoms with Crippen LogP contribution in [0.5, 0.6) is 0 Å². The van der Waals surface area contributed by atoms with Gasteiger partial charge >= 0.3 is 5.97 Å². The van der Waals surface area contributed by atoms with Gasteiger partial charge in [0.2, 0.25) is 11.8 Å². The number of imide groups is 1. The van der Waals surface area contributed by atoms with Gasteiger partial charge in [-0.25, -0.2) is 9.69 Å². The number of ketones is 1. The highest BCUT2D eigenvalue weighted by atomic mass is 16.5. The molecule has 2 bridgehead atoms. The van der Waals surface area contributed by atoms with Crippen LogP contribution in [0, 0.1) is 23.7 Å². The van der Waals surface area contributed by atoms with Crippen LogP contribution in [-0.2, 0) is 19.1 Å². The summed E-state index contributed by atoms with van der Waals surface area (Å²) in [5, 5.41) is 2.59. The molecule has 3 aliphatic rings. The fourth-order valence-corrected chi connectivity index (χ4v) is 5.50. The molecule has 0 radical (unpaired) electrons. The third-order valence-corrected chi connectivity index (χ3v) is 7.13. The molecule has 35 heavy (non-hydrogen) atoms. The van der Waals surface area contributed by atoms with E-state index in [1.165, 1.54) is 29.5 Å². The fraction of sp³-hybridized carbons (Fsp3) is 0.296. The van der Waals surface area contributed by atoms with Gasteiger partial charge in [0, 0.05) is 11.3 Å². The second-order valence-electron chi connectivity index (χ2n) is 9.29. The van der Waals surface area contributed by atoms with Gasteiger partial charge in [0.25, 0.3) is 5.91 Å². The molecule has 2 fully saturated rings. The van der Waals surface area contributed by atoms with Gasteiger partial charge in [-0.15, -0.1) is 0 Å². The Morgan fingerprint density at radius 3 is 2.43 bits per heavy atom. The highest BCUT2D eigenvalue weighted by Gasteiger charge is 2.60. The van der Waals surface area contributed by atoms with E-state index in [9.17, 15) is 24.0 Å². The third-order valence-electron chi connectivity index (χ3n) is 7.13. The summed E-state index contributed by atoms with van der Waals surface area (Å²) >= 11 is 0. The van der Waals surface area contributed by atoms with Crippen LogP contribution in [0.2, 0.25) is 0 Å². The molecule has 2 aromatic carbocycles. The first-order valence-corrected chi connectivity index (χ1v) is 11.5. The molecule has 1 aliphatic heterocycles. The number of allylic oxidation sites excluding steroid dienone is 2. The Balaban J connectivity index is 1.23. The van der Waals surface area contributed by atoms with Crippen LogP contribution in [0.3, 0.4) is 0 Å². The predicted molar refractivity (Wildman–Crippen MR) is 127 cm³/mol. The zero-order chi connectivity index (χ0) is 24.9. The van der Waals surface area contributed by atoms with Crippen molar-refractivity contribution < 1.29 is 28.7 Å². The molecule has 4 atom stereocenters.